The fourth-order valence-corrected chi connectivity index (χ4v) is 1.93. The minimum absolute atomic E-state index is 0.279. The second-order valence-corrected chi connectivity index (χ2v) is 4.56. The molecule has 4 nitrogen and oxygen atoms in total. The number of hydrogen-bond donors (Lipinski definition) is 3. The van der Waals surface area contributed by atoms with Crippen molar-refractivity contribution in [2.45, 2.75) is 5.16 Å². The van der Waals surface area contributed by atoms with Crippen LogP contribution in [0.4, 0.5) is 0 Å². The van der Waals surface area contributed by atoms with Crippen molar-refractivity contribution in [3.63, 3.8) is 0 Å². The Hall–Kier alpha value is -0.270. The zero-order valence-electron chi connectivity index (χ0n) is 5.14. The second kappa shape index (κ2) is 3.93. The fourth-order valence-electron chi connectivity index (χ4n) is 0.498. The zero-order valence-corrected chi connectivity index (χ0v) is 7.67. The fraction of sp³-hybridized carbons (Fsp3) is 0. The van der Waals surface area contributed by atoms with Gasteiger partial charge >= 0.3 is 0 Å². The number of nitrogens with one attached hydrogen (secondary N) is 1. The first-order chi connectivity index (χ1) is 5.22. The summed E-state index contributed by atoms with van der Waals surface area (Å²) in [5, 5.41) is 9.18. The molecule has 0 unspecified atom stereocenters. The van der Waals surface area contributed by atoms with Gasteiger partial charge in [0, 0.05) is 0 Å². The SMILES string of the molecule is O=c1cc(O)nc(SSS)[nH]1. The summed E-state index contributed by atoms with van der Waals surface area (Å²) in [5.74, 6) is -0.279. The molecule has 0 radical (unpaired) electrons. The van der Waals surface area contributed by atoms with E-state index in [4.69, 9.17) is 5.11 Å². The Kier molecular flexibility index (Phi) is 3.16. The maximum absolute atomic E-state index is 10.7. The van der Waals surface area contributed by atoms with Crippen LogP contribution in [0.25, 0.3) is 0 Å². The summed E-state index contributed by atoms with van der Waals surface area (Å²) in [6.07, 6.45) is 0. The van der Waals surface area contributed by atoms with Gasteiger partial charge < -0.3 is 10.1 Å². The number of hydrogen-bond acceptors (Lipinski definition) is 6. The van der Waals surface area contributed by atoms with Crippen LogP contribution >= 0.6 is 32.3 Å². The summed E-state index contributed by atoms with van der Waals surface area (Å²) in [4.78, 5) is 16.7. The molecule has 0 aliphatic heterocycles. The third-order valence-electron chi connectivity index (χ3n) is 0.823. The highest BCUT2D eigenvalue weighted by Gasteiger charge is 1.98. The molecule has 2 N–H and O–H groups in total. The van der Waals surface area contributed by atoms with Gasteiger partial charge in [0.1, 0.15) is 0 Å². The minimum Gasteiger partial charge on any atom is -0.493 e. The lowest BCUT2D eigenvalue weighted by Gasteiger charge is -1.94. The maximum atomic E-state index is 10.7. The molecule has 7 heteroatoms. The number of aromatic nitrogens is 2. The summed E-state index contributed by atoms with van der Waals surface area (Å²) < 4.78 is 0. The number of H-pyrrole nitrogens is 1. The van der Waals surface area contributed by atoms with Gasteiger partial charge in [0.05, 0.1) is 6.07 Å². The summed E-state index contributed by atoms with van der Waals surface area (Å²) >= 11 is 3.84. The zero-order chi connectivity index (χ0) is 8.27. The van der Waals surface area contributed by atoms with Crippen LogP contribution in [0.3, 0.4) is 0 Å². The summed E-state index contributed by atoms with van der Waals surface area (Å²) in [5.41, 5.74) is -0.373. The molecule has 1 aromatic heterocycles. The van der Waals surface area contributed by atoms with Gasteiger partial charge in [-0.1, -0.05) is 11.7 Å². The molecule has 0 aliphatic rings. The molecule has 0 spiro atoms. The van der Waals surface area contributed by atoms with Gasteiger partial charge in [0.2, 0.25) is 5.88 Å². The molecule has 0 bridgehead atoms. The molecule has 1 aromatic rings. The molecule has 60 valence electrons. The van der Waals surface area contributed by atoms with Gasteiger partial charge in [-0.15, -0.1) is 0 Å². The van der Waals surface area contributed by atoms with Crippen LogP contribution in [0, 0.1) is 0 Å². The van der Waals surface area contributed by atoms with E-state index in [9.17, 15) is 4.79 Å². The van der Waals surface area contributed by atoms with E-state index in [2.05, 4.69) is 21.6 Å². The summed E-state index contributed by atoms with van der Waals surface area (Å²) in [6.45, 7) is 0. The molecular weight excluding hydrogens is 204 g/mol. The van der Waals surface area contributed by atoms with Crippen molar-refractivity contribution in [2.75, 3.05) is 0 Å². The Balaban J connectivity index is 2.99. The van der Waals surface area contributed by atoms with E-state index in [1.54, 1.807) is 0 Å². The lowest BCUT2D eigenvalue weighted by molar-refractivity contribution is 0.444. The molecule has 0 saturated heterocycles. The quantitative estimate of drug-likeness (QED) is 0.385. The third-order valence-corrected chi connectivity index (χ3v) is 2.62. The van der Waals surface area contributed by atoms with Crippen molar-refractivity contribution in [2.24, 2.45) is 0 Å². The number of aromatic hydroxyl groups is 1. The van der Waals surface area contributed by atoms with Crippen molar-refractivity contribution < 1.29 is 5.11 Å². The van der Waals surface area contributed by atoms with Crippen molar-refractivity contribution in [1.82, 2.24) is 9.97 Å². The molecule has 0 saturated carbocycles. The van der Waals surface area contributed by atoms with Crippen LogP contribution in [0.15, 0.2) is 16.0 Å². The predicted molar refractivity (Wildman–Crippen MR) is 49.0 cm³/mol. The highest BCUT2D eigenvalue weighted by molar-refractivity contribution is 9.05. The van der Waals surface area contributed by atoms with E-state index >= 15 is 0 Å². The van der Waals surface area contributed by atoms with Crippen molar-refractivity contribution in [3.05, 3.63) is 16.4 Å². The largest absolute Gasteiger partial charge is 0.493 e. The predicted octanol–water partition coefficient (Wildman–Crippen LogP) is 1.06. The molecule has 0 aliphatic carbocycles. The van der Waals surface area contributed by atoms with Crippen molar-refractivity contribution in [1.29, 1.82) is 0 Å². The first-order valence-electron chi connectivity index (χ1n) is 2.51. The van der Waals surface area contributed by atoms with Gasteiger partial charge in [-0.25, -0.2) is 0 Å². The Labute approximate surface area is 75.0 Å². The van der Waals surface area contributed by atoms with Crippen molar-refractivity contribution >= 4 is 32.3 Å². The normalized spacial score (nSPS) is 9.91. The Bertz CT molecular complexity index is 300. The second-order valence-electron chi connectivity index (χ2n) is 1.57. The smallest absolute Gasteiger partial charge is 0.255 e. The molecular formula is C4H4N2O2S3. The van der Waals surface area contributed by atoms with Crippen LogP contribution < -0.4 is 5.56 Å². The van der Waals surface area contributed by atoms with Gasteiger partial charge in [-0.05, 0) is 20.6 Å². The van der Waals surface area contributed by atoms with E-state index in [-0.39, 0.29) is 11.4 Å². The molecule has 1 heterocycles. The number of nitrogens with zero attached hydrogens (tertiary/aromatic N) is 1. The Morgan fingerprint density at radius 3 is 3.00 bits per heavy atom. The molecule has 0 atom stereocenters. The van der Waals surface area contributed by atoms with E-state index in [1.807, 2.05) is 0 Å². The van der Waals surface area contributed by atoms with Gasteiger partial charge in [0.15, 0.2) is 5.16 Å². The molecule has 0 amide bonds. The molecule has 0 fully saturated rings. The summed E-state index contributed by atoms with van der Waals surface area (Å²) in [6, 6.07) is 1.01. The van der Waals surface area contributed by atoms with E-state index in [0.717, 1.165) is 26.7 Å². The standard InChI is InChI=1S/C4H4N2O2S3/c7-2-1-3(8)6-4(5-2)10-11-9/h1,9H,(H2,5,6,7,8). The van der Waals surface area contributed by atoms with Crippen LogP contribution in [-0.2, 0) is 0 Å². The topological polar surface area (TPSA) is 66.0 Å². The Morgan fingerprint density at radius 1 is 1.73 bits per heavy atom. The van der Waals surface area contributed by atoms with Gasteiger partial charge in [-0.3, -0.25) is 4.79 Å². The average Bonchev–Trinajstić information content (AvgIpc) is 1.85. The number of thiol groups is 1. The molecule has 0 aromatic carbocycles. The number of rotatable bonds is 2. The highest BCUT2D eigenvalue weighted by atomic mass is 33.5. The van der Waals surface area contributed by atoms with Gasteiger partial charge in [-0.2, -0.15) is 4.98 Å². The van der Waals surface area contributed by atoms with E-state index in [1.165, 1.54) is 0 Å². The van der Waals surface area contributed by atoms with Crippen LogP contribution in [0.1, 0.15) is 0 Å². The lowest BCUT2D eigenvalue weighted by atomic mass is 10.6. The monoisotopic (exact) mass is 208 g/mol. The van der Waals surface area contributed by atoms with E-state index < -0.39 is 0 Å². The van der Waals surface area contributed by atoms with E-state index in [0.29, 0.717) is 5.16 Å². The summed E-state index contributed by atoms with van der Waals surface area (Å²) in [7, 11) is 2.30. The Morgan fingerprint density at radius 2 is 2.45 bits per heavy atom. The van der Waals surface area contributed by atoms with Crippen molar-refractivity contribution in [3.8, 4) is 5.88 Å². The van der Waals surface area contributed by atoms with Crippen LogP contribution in [0.2, 0.25) is 0 Å². The van der Waals surface area contributed by atoms with Gasteiger partial charge in [0.25, 0.3) is 5.56 Å². The first-order valence-corrected chi connectivity index (χ1v) is 5.71. The third kappa shape index (κ3) is 2.68. The first kappa shape index (κ1) is 8.82. The lowest BCUT2D eigenvalue weighted by Crippen LogP contribution is -2.05. The highest BCUT2D eigenvalue weighted by Crippen LogP contribution is 2.30. The van der Waals surface area contributed by atoms with Crippen LogP contribution in [-0.4, -0.2) is 15.1 Å². The maximum Gasteiger partial charge on any atom is 0.255 e. The van der Waals surface area contributed by atoms with Crippen LogP contribution in [0.5, 0.6) is 5.88 Å². The molecule has 1 rings (SSSR count). The minimum atomic E-state index is -0.373. The molecule has 11 heavy (non-hydrogen) atoms. The average molecular weight is 208 g/mol. The number of aromatic amines is 1.